The highest BCUT2D eigenvalue weighted by Gasteiger charge is 2.48. The Morgan fingerprint density at radius 2 is 1.67 bits per heavy atom. The van der Waals surface area contributed by atoms with Crippen LogP contribution in [0.5, 0.6) is 5.75 Å². The summed E-state index contributed by atoms with van der Waals surface area (Å²) in [5.74, 6) is -2.39. The molecule has 2 N–H and O–H groups in total. The van der Waals surface area contributed by atoms with Gasteiger partial charge in [-0.25, -0.2) is 4.79 Å². The van der Waals surface area contributed by atoms with Gasteiger partial charge in [-0.15, -0.1) is 0 Å². The molecule has 0 saturated heterocycles. The number of hydrogen-bond donors (Lipinski definition) is 2. The molecule has 0 radical (unpaired) electrons. The first-order valence-electron chi connectivity index (χ1n) is 8.82. The predicted molar refractivity (Wildman–Crippen MR) is 100 cm³/mol. The van der Waals surface area contributed by atoms with Gasteiger partial charge in [0.25, 0.3) is 0 Å². The molecule has 2 unspecified atom stereocenters. The highest BCUT2D eigenvalue weighted by Crippen LogP contribution is 2.27. The van der Waals surface area contributed by atoms with Crippen LogP contribution >= 0.6 is 0 Å². The number of carbonyl (C=O) groups is 2. The lowest BCUT2D eigenvalue weighted by Crippen LogP contribution is -2.41. The fraction of sp³-hybridized carbons (Fsp3) is 0.556. The van der Waals surface area contributed by atoms with Crippen LogP contribution in [-0.4, -0.2) is 42.7 Å². The largest absolute Gasteiger partial charge is 0.534 e. The molecule has 1 amide bonds. The summed E-state index contributed by atoms with van der Waals surface area (Å²) in [7, 11) is -5.78. The number of benzene rings is 1. The molecule has 8 nitrogen and oxygen atoms in total. The SMILES string of the molecule is CC(CC(Cc1ccc(OS(=O)(=O)C(F)(F)F)cc1)NC(=O)OC(C)(C)C)C(=O)O. The zero-order chi connectivity index (χ0) is 23.3. The molecular weight excluding hydrogens is 431 g/mol. The van der Waals surface area contributed by atoms with Gasteiger partial charge in [0.05, 0.1) is 5.92 Å². The molecule has 0 aliphatic rings. The third-order valence-electron chi connectivity index (χ3n) is 3.68. The van der Waals surface area contributed by atoms with Crippen molar-refractivity contribution in [1.29, 1.82) is 0 Å². The molecule has 0 bridgehead atoms. The van der Waals surface area contributed by atoms with E-state index in [0.717, 1.165) is 12.1 Å². The average molecular weight is 455 g/mol. The lowest BCUT2D eigenvalue weighted by molar-refractivity contribution is -0.141. The summed E-state index contributed by atoms with van der Waals surface area (Å²) in [4.78, 5) is 23.2. The second kappa shape index (κ2) is 9.54. The van der Waals surface area contributed by atoms with Gasteiger partial charge in [0.1, 0.15) is 11.4 Å². The molecule has 1 aromatic carbocycles. The Hall–Kier alpha value is -2.50. The van der Waals surface area contributed by atoms with Crippen LogP contribution in [0.15, 0.2) is 24.3 Å². The van der Waals surface area contributed by atoms with Crippen molar-refractivity contribution in [3.8, 4) is 5.75 Å². The van der Waals surface area contributed by atoms with Crippen LogP contribution in [-0.2, 0) is 26.1 Å². The molecule has 2 atom stereocenters. The van der Waals surface area contributed by atoms with E-state index in [-0.39, 0.29) is 12.8 Å². The fourth-order valence-electron chi connectivity index (χ4n) is 2.33. The van der Waals surface area contributed by atoms with Gasteiger partial charge in [-0.05, 0) is 51.3 Å². The molecule has 0 saturated carbocycles. The van der Waals surface area contributed by atoms with Crippen LogP contribution in [0.2, 0.25) is 0 Å². The first-order valence-corrected chi connectivity index (χ1v) is 10.2. The zero-order valence-electron chi connectivity index (χ0n) is 16.8. The monoisotopic (exact) mass is 455 g/mol. The zero-order valence-corrected chi connectivity index (χ0v) is 17.6. The number of halogens is 3. The van der Waals surface area contributed by atoms with Crippen LogP contribution in [0.4, 0.5) is 18.0 Å². The quantitative estimate of drug-likeness (QED) is 0.455. The van der Waals surface area contributed by atoms with E-state index in [9.17, 15) is 31.2 Å². The van der Waals surface area contributed by atoms with Crippen molar-refractivity contribution in [1.82, 2.24) is 5.32 Å². The summed E-state index contributed by atoms with van der Waals surface area (Å²) in [6.07, 6.45) is -0.556. The minimum Gasteiger partial charge on any atom is -0.481 e. The summed E-state index contributed by atoms with van der Waals surface area (Å²) >= 11 is 0. The van der Waals surface area contributed by atoms with E-state index in [0.29, 0.717) is 5.56 Å². The number of aliphatic carboxylic acids is 1. The lowest BCUT2D eigenvalue weighted by atomic mass is 9.96. The van der Waals surface area contributed by atoms with Crippen molar-refractivity contribution in [2.75, 3.05) is 0 Å². The van der Waals surface area contributed by atoms with Crippen molar-refractivity contribution >= 4 is 22.2 Å². The Labute approximate surface area is 172 Å². The number of alkyl halides is 3. The van der Waals surface area contributed by atoms with Gasteiger partial charge in [0.2, 0.25) is 0 Å². The van der Waals surface area contributed by atoms with Crippen molar-refractivity contribution < 1.29 is 45.2 Å². The van der Waals surface area contributed by atoms with Gasteiger partial charge in [-0.2, -0.15) is 21.6 Å². The molecule has 12 heteroatoms. The molecule has 0 fully saturated rings. The number of ether oxygens (including phenoxy) is 1. The Morgan fingerprint density at radius 1 is 1.13 bits per heavy atom. The molecular formula is C18H24F3NO7S. The summed E-state index contributed by atoms with van der Waals surface area (Å²) < 4.78 is 68.4. The minimum absolute atomic E-state index is 0.0648. The average Bonchev–Trinajstić information content (AvgIpc) is 2.53. The van der Waals surface area contributed by atoms with Gasteiger partial charge < -0.3 is 19.3 Å². The number of carboxylic acids is 1. The Balaban J connectivity index is 2.92. The lowest BCUT2D eigenvalue weighted by Gasteiger charge is -2.24. The minimum atomic E-state index is -5.78. The maximum atomic E-state index is 12.4. The number of carbonyl (C=O) groups excluding carboxylic acids is 1. The standard InChI is InChI=1S/C18H24F3NO7S/c1-11(15(23)24)9-13(22-16(25)28-17(2,3)4)10-12-5-7-14(8-6-12)29-30(26,27)18(19,20)21/h5-8,11,13H,9-10H2,1-4H3,(H,22,25)(H,23,24). The molecule has 0 spiro atoms. The summed E-state index contributed by atoms with van der Waals surface area (Å²) in [6, 6.07) is 4.04. The number of alkyl carbamates (subject to hydrolysis) is 1. The molecule has 1 aromatic rings. The van der Waals surface area contributed by atoms with E-state index in [4.69, 9.17) is 9.84 Å². The van der Waals surface area contributed by atoms with Crippen molar-refractivity contribution in [2.24, 2.45) is 5.92 Å². The molecule has 0 heterocycles. The van der Waals surface area contributed by atoms with E-state index in [1.165, 1.54) is 19.1 Å². The smallest absolute Gasteiger partial charge is 0.481 e. The highest BCUT2D eigenvalue weighted by molar-refractivity contribution is 7.88. The van der Waals surface area contributed by atoms with Gasteiger partial charge in [-0.3, -0.25) is 4.79 Å². The van der Waals surface area contributed by atoms with Crippen molar-refractivity contribution in [3.63, 3.8) is 0 Å². The molecule has 170 valence electrons. The number of amides is 1. The van der Waals surface area contributed by atoms with Gasteiger partial charge in [0, 0.05) is 6.04 Å². The summed E-state index contributed by atoms with van der Waals surface area (Å²) in [5.41, 5.74) is -5.82. The predicted octanol–water partition coefficient (Wildman–Crippen LogP) is 3.46. The highest BCUT2D eigenvalue weighted by atomic mass is 32.2. The Morgan fingerprint density at radius 3 is 2.10 bits per heavy atom. The van der Waals surface area contributed by atoms with Crippen LogP contribution in [0.3, 0.4) is 0 Å². The van der Waals surface area contributed by atoms with Crippen LogP contribution in [0.25, 0.3) is 0 Å². The Bertz CT molecular complexity index is 846. The fourth-order valence-corrected chi connectivity index (χ4v) is 2.79. The number of rotatable bonds is 8. The van der Waals surface area contributed by atoms with Crippen molar-refractivity contribution in [3.05, 3.63) is 29.8 Å². The molecule has 30 heavy (non-hydrogen) atoms. The van der Waals surface area contributed by atoms with E-state index in [1.807, 2.05) is 0 Å². The maximum absolute atomic E-state index is 12.4. The van der Waals surface area contributed by atoms with Crippen LogP contribution in [0, 0.1) is 5.92 Å². The number of hydrogen-bond acceptors (Lipinski definition) is 6. The second-order valence-electron chi connectivity index (χ2n) is 7.65. The van der Waals surface area contributed by atoms with E-state index < -0.39 is 51.0 Å². The third kappa shape index (κ3) is 8.47. The second-order valence-corrected chi connectivity index (χ2v) is 9.19. The molecule has 0 aromatic heterocycles. The van der Waals surface area contributed by atoms with Gasteiger partial charge in [0.15, 0.2) is 0 Å². The number of carboxylic acid groups (broad SMARTS) is 1. The molecule has 0 aliphatic heterocycles. The maximum Gasteiger partial charge on any atom is 0.534 e. The summed E-state index contributed by atoms with van der Waals surface area (Å²) in [6.45, 7) is 6.45. The van der Waals surface area contributed by atoms with E-state index in [2.05, 4.69) is 9.50 Å². The molecule has 1 rings (SSSR count). The van der Waals surface area contributed by atoms with E-state index >= 15 is 0 Å². The molecule has 0 aliphatic carbocycles. The Kier molecular flexibility index (Phi) is 8.12. The van der Waals surface area contributed by atoms with Gasteiger partial charge >= 0.3 is 27.7 Å². The van der Waals surface area contributed by atoms with Gasteiger partial charge in [-0.1, -0.05) is 19.1 Å². The normalized spacial score (nSPS) is 14.5. The topological polar surface area (TPSA) is 119 Å². The first-order chi connectivity index (χ1) is 13.5. The van der Waals surface area contributed by atoms with Crippen LogP contribution in [0.1, 0.15) is 39.7 Å². The van der Waals surface area contributed by atoms with Crippen molar-refractivity contribution in [2.45, 2.75) is 57.7 Å². The van der Waals surface area contributed by atoms with E-state index in [1.54, 1.807) is 20.8 Å². The summed E-state index contributed by atoms with van der Waals surface area (Å²) in [5, 5.41) is 11.7. The van der Waals surface area contributed by atoms with Crippen LogP contribution < -0.4 is 9.50 Å². The first kappa shape index (κ1) is 25.5. The number of nitrogens with one attached hydrogen (secondary N) is 1. The third-order valence-corrected chi connectivity index (χ3v) is 4.65.